The van der Waals surface area contributed by atoms with Gasteiger partial charge < -0.3 is 10.2 Å². The molecule has 0 unspecified atom stereocenters. The molecule has 1 amide bonds. The highest BCUT2D eigenvalue weighted by Crippen LogP contribution is 2.06. The first kappa shape index (κ1) is 12.0. The van der Waals surface area contributed by atoms with Gasteiger partial charge in [0.2, 0.25) is 5.91 Å². The Labute approximate surface area is 102 Å². The summed E-state index contributed by atoms with van der Waals surface area (Å²) >= 11 is 0. The lowest BCUT2D eigenvalue weighted by Crippen LogP contribution is -2.35. The van der Waals surface area contributed by atoms with Crippen LogP contribution in [0.4, 0.5) is 0 Å². The van der Waals surface area contributed by atoms with Crippen molar-refractivity contribution in [2.45, 2.75) is 26.3 Å². The molecule has 1 saturated heterocycles. The fourth-order valence-electron chi connectivity index (χ4n) is 2.00. The lowest BCUT2D eigenvalue weighted by atomic mass is 10.2. The standard InChI is InChI=1S/C13H19N3O/c1-11-4-5-12(9-15-11)8-14-10-13(17)16-6-2-3-7-16/h4-5,9,14H,2-3,6-8,10H2,1H3. The van der Waals surface area contributed by atoms with Crippen LogP contribution in [0.3, 0.4) is 0 Å². The molecule has 4 heteroatoms. The molecule has 0 bridgehead atoms. The molecule has 1 N–H and O–H groups in total. The third-order valence-electron chi connectivity index (χ3n) is 3.04. The van der Waals surface area contributed by atoms with Crippen LogP contribution in [0.1, 0.15) is 24.1 Å². The number of carbonyl (C=O) groups excluding carboxylic acids is 1. The van der Waals surface area contributed by atoms with Crippen LogP contribution in [0.2, 0.25) is 0 Å². The number of hydrogen-bond acceptors (Lipinski definition) is 3. The van der Waals surface area contributed by atoms with E-state index >= 15 is 0 Å². The number of likely N-dealkylation sites (tertiary alicyclic amines) is 1. The largest absolute Gasteiger partial charge is 0.342 e. The maximum Gasteiger partial charge on any atom is 0.236 e. The summed E-state index contributed by atoms with van der Waals surface area (Å²) in [6, 6.07) is 4.02. The number of aryl methyl sites for hydroxylation is 1. The summed E-state index contributed by atoms with van der Waals surface area (Å²) in [5, 5.41) is 3.17. The second-order valence-corrected chi connectivity index (χ2v) is 4.50. The van der Waals surface area contributed by atoms with Crippen LogP contribution in [0, 0.1) is 6.92 Å². The smallest absolute Gasteiger partial charge is 0.236 e. The molecule has 4 nitrogen and oxygen atoms in total. The molecule has 0 aromatic carbocycles. The second kappa shape index (κ2) is 5.77. The Morgan fingerprint density at radius 1 is 1.41 bits per heavy atom. The van der Waals surface area contributed by atoms with Crippen LogP contribution in [-0.2, 0) is 11.3 Å². The van der Waals surface area contributed by atoms with Crippen molar-refractivity contribution < 1.29 is 4.79 Å². The van der Waals surface area contributed by atoms with Crippen LogP contribution in [0.5, 0.6) is 0 Å². The van der Waals surface area contributed by atoms with Crippen LogP contribution < -0.4 is 5.32 Å². The van der Waals surface area contributed by atoms with Gasteiger partial charge >= 0.3 is 0 Å². The minimum Gasteiger partial charge on any atom is -0.342 e. The van der Waals surface area contributed by atoms with E-state index < -0.39 is 0 Å². The number of hydrogen-bond donors (Lipinski definition) is 1. The van der Waals surface area contributed by atoms with Crippen molar-refractivity contribution >= 4 is 5.91 Å². The van der Waals surface area contributed by atoms with E-state index in [1.807, 2.05) is 30.2 Å². The number of carbonyl (C=O) groups is 1. The van der Waals surface area contributed by atoms with Gasteiger partial charge in [-0.15, -0.1) is 0 Å². The molecule has 0 spiro atoms. The zero-order valence-corrected chi connectivity index (χ0v) is 10.3. The average Bonchev–Trinajstić information content (AvgIpc) is 2.85. The summed E-state index contributed by atoms with van der Waals surface area (Å²) in [4.78, 5) is 17.9. The molecule has 1 fully saturated rings. The predicted octanol–water partition coefficient (Wildman–Crippen LogP) is 1.10. The van der Waals surface area contributed by atoms with Crippen molar-refractivity contribution in [2.75, 3.05) is 19.6 Å². The molecule has 0 atom stereocenters. The molecule has 2 heterocycles. The van der Waals surface area contributed by atoms with Crippen molar-refractivity contribution in [1.82, 2.24) is 15.2 Å². The summed E-state index contributed by atoms with van der Waals surface area (Å²) in [6.07, 6.45) is 4.14. The minimum atomic E-state index is 0.211. The molecular weight excluding hydrogens is 214 g/mol. The maximum atomic E-state index is 11.7. The zero-order valence-electron chi connectivity index (χ0n) is 10.3. The van der Waals surface area contributed by atoms with Gasteiger partial charge in [0.15, 0.2) is 0 Å². The van der Waals surface area contributed by atoms with E-state index in [0.717, 1.165) is 37.2 Å². The van der Waals surface area contributed by atoms with E-state index in [2.05, 4.69) is 10.3 Å². The SMILES string of the molecule is Cc1ccc(CNCC(=O)N2CCCC2)cn1. The van der Waals surface area contributed by atoms with Crippen molar-refractivity contribution in [2.24, 2.45) is 0 Å². The van der Waals surface area contributed by atoms with Crippen LogP contribution in [-0.4, -0.2) is 35.4 Å². The molecular formula is C13H19N3O. The Kier molecular flexibility index (Phi) is 4.09. The van der Waals surface area contributed by atoms with Gasteiger partial charge in [0.25, 0.3) is 0 Å². The molecule has 0 aliphatic carbocycles. The van der Waals surface area contributed by atoms with E-state index in [4.69, 9.17) is 0 Å². The first-order chi connectivity index (χ1) is 8.25. The third-order valence-corrected chi connectivity index (χ3v) is 3.04. The molecule has 0 radical (unpaired) electrons. The average molecular weight is 233 g/mol. The van der Waals surface area contributed by atoms with Gasteiger partial charge in [-0.1, -0.05) is 6.07 Å². The Morgan fingerprint density at radius 2 is 2.18 bits per heavy atom. The molecule has 0 saturated carbocycles. The van der Waals surface area contributed by atoms with Gasteiger partial charge in [0, 0.05) is 31.5 Å². The molecule has 2 rings (SSSR count). The van der Waals surface area contributed by atoms with Gasteiger partial charge in [-0.2, -0.15) is 0 Å². The normalized spacial score (nSPS) is 15.2. The van der Waals surface area contributed by atoms with Gasteiger partial charge in [-0.25, -0.2) is 0 Å². The van der Waals surface area contributed by atoms with Crippen molar-refractivity contribution in [3.05, 3.63) is 29.6 Å². The van der Waals surface area contributed by atoms with Gasteiger partial charge in [-0.05, 0) is 31.4 Å². The van der Waals surface area contributed by atoms with Gasteiger partial charge in [0.1, 0.15) is 0 Å². The monoisotopic (exact) mass is 233 g/mol. The molecule has 17 heavy (non-hydrogen) atoms. The highest BCUT2D eigenvalue weighted by Gasteiger charge is 2.16. The number of rotatable bonds is 4. The van der Waals surface area contributed by atoms with Crippen molar-refractivity contribution in [3.8, 4) is 0 Å². The van der Waals surface area contributed by atoms with E-state index in [-0.39, 0.29) is 5.91 Å². The molecule has 1 aromatic rings. The Morgan fingerprint density at radius 3 is 2.82 bits per heavy atom. The van der Waals surface area contributed by atoms with E-state index in [1.165, 1.54) is 0 Å². The van der Waals surface area contributed by atoms with Crippen LogP contribution >= 0.6 is 0 Å². The number of pyridine rings is 1. The van der Waals surface area contributed by atoms with Gasteiger partial charge in [-0.3, -0.25) is 9.78 Å². The lowest BCUT2D eigenvalue weighted by molar-refractivity contribution is -0.129. The molecule has 92 valence electrons. The van der Waals surface area contributed by atoms with E-state index in [1.54, 1.807) is 0 Å². The number of nitrogens with zero attached hydrogens (tertiary/aromatic N) is 2. The predicted molar refractivity (Wildman–Crippen MR) is 66.5 cm³/mol. The maximum absolute atomic E-state index is 11.7. The van der Waals surface area contributed by atoms with Crippen molar-refractivity contribution in [1.29, 1.82) is 0 Å². The summed E-state index contributed by atoms with van der Waals surface area (Å²) in [6.45, 7) is 4.94. The number of aromatic nitrogens is 1. The third kappa shape index (κ3) is 3.53. The summed E-state index contributed by atoms with van der Waals surface area (Å²) < 4.78 is 0. The summed E-state index contributed by atoms with van der Waals surface area (Å²) in [5.74, 6) is 0.211. The topological polar surface area (TPSA) is 45.2 Å². The van der Waals surface area contributed by atoms with E-state index in [9.17, 15) is 4.79 Å². The fourth-order valence-corrected chi connectivity index (χ4v) is 2.00. The number of amides is 1. The summed E-state index contributed by atoms with van der Waals surface area (Å²) in [7, 11) is 0. The van der Waals surface area contributed by atoms with Crippen molar-refractivity contribution in [3.63, 3.8) is 0 Å². The van der Waals surface area contributed by atoms with E-state index in [0.29, 0.717) is 13.1 Å². The van der Waals surface area contributed by atoms with Crippen LogP contribution in [0.25, 0.3) is 0 Å². The second-order valence-electron chi connectivity index (χ2n) is 4.50. The minimum absolute atomic E-state index is 0.211. The number of nitrogens with one attached hydrogen (secondary N) is 1. The summed E-state index contributed by atoms with van der Waals surface area (Å²) in [5.41, 5.74) is 2.13. The van der Waals surface area contributed by atoms with Gasteiger partial charge in [0.05, 0.1) is 6.54 Å². The molecule has 1 aromatic heterocycles. The Balaban J connectivity index is 1.72. The Hall–Kier alpha value is -1.42. The highest BCUT2D eigenvalue weighted by atomic mass is 16.2. The highest BCUT2D eigenvalue weighted by molar-refractivity contribution is 5.78. The fraction of sp³-hybridized carbons (Fsp3) is 0.538. The quantitative estimate of drug-likeness (QED) is 0.847. The Bertz CT molecular complexity index is 369. The van der Waals surface area contributed by atoms with Crippen LogP contribution in [0.15, 0.2) is 18.3 Å². The zero-order chi connectivity index (χ0) is 12.1. The molecule has 1 aliphatic heterocycles. The lowest BCUT2D eigenvalue weighted by Gasteiger charge is -2.15. The first-order valence-electron chi connectivity index (χ1n) is 6.16. The molecule has 1 aliphatic rings. The first-order valence-corrected chi connectivity index (χ1v) is 6.16.